The molecule has 0 N–H and O–H groups in total. The zero-order chi connectivity index (χ0) is 11.7. The number of benzene rings is 1. The highest BCUT2D eigenvalue weighted by atomic mass is 15.3. The molecule has 84 valence electrons. The third-order valence-corrected chi connectivity index (χ3v) is 2.71. The van der Waals surface area contributed by atoms with E-state index in [1.807, 2.05) is 29.8 Å². The molecule has 0 saturated heterocycles. The Hall–Kier alpha value is -2.23. The van der Waals surface area contributed by atoms with Crippen molar-refractivity contribution in [2.75, 3.05) is 0 Å². The van der Waals surface area contributed by atoms with Crippen LogP contribution in [0.2, 0.25) is 0 Å². The summed E-state index contributed by atoms with van der Waals surface area (Å²) in [6, 6.07) is 10.2. The molecular formula is C13H12N4. The van der Waals surface area contributed by atoms with Crippen LogP contribution < -0.4 is 0 Å². The van der Waals surface area contributed by atoms with Gasteiger partial charge in [-0.2, -0.15) is 5.10 Å². The molecule has 0 saturated carbocycles. The van der Waals surface area contributed by atoms with Crippen LogP contribution in [-0.2, 0) is 6.54 Å². The van der Waals surface area contributed by atoms with E-state index in [1.165, 1.54) is 5.56 Å². The molecule has 3 aromatic rings. The van der Waals surface area contributed by atoms with Crippen molar-refractivity contribution in [2.24, 2.45) is 0 Å². The van der Waals surface area contributed by atoms with Crippen molar-refractivity contribution in [1.29, 1.82) is 0 Å². The number of aromatic nitrogens is 4. The Kier molecular flexibility index (Phi) is 2.33. The van der Waals surface area contributed by atoms with E-state index >= 15 is 0 Å². The summed E-state index contributed by atoms with van der Waals surface area (Å²) in [6.07, 6.45) is 3.40. The molecule has 0 aliphatic heterocycles. The zero-order valence-electron chi connectivity index (χ0n) is 9.54. The molecule has 17 heavy (non-hydrogen) atoms. The topological polar surface area (TPSA) is 43.6 Å². The van der Waals surface area contributed by atoms with E-state index < -0.39 is 0 Å². The second-order valence-corrected chi connectivity index (χ2v) is 3.96. The van der Waals surface area contributed by atoms with Crippen LogP contribution in [0.5, 0.6) is 0 Å². The third kappa shape index (κ3) is 1.78. The Morgan fingerprint density at radius 3 is 2.65 bits per heavy atom. The number of aryl methyl sites for hydroxylation is 1. The van der Waals surface area contributed by atoms with Gasteiger partial charge in [-0.25, -0.2) is 14.6 Å². The maximum atomic E-state index is 4.48. The summed E-state index contributed by atoms with van der Waals surface area (Å²) in [5.41, 5.74) is 3.85. The largest absolute Gasteiger partial charge is 0.249 e. The molecule has 0 aliphatic carbocycles. The van der Waals surface area contributed by atoms with E-state index in [9.17, 15) is 0 Å². The normalized spacial score (nSPS) is 10.9. The van der Waals surface area contributed by atoms with Crippen LogP contribution in [0.25, 0.3) is 11.2 Å². The molecule has 0 spiro atoms. The van der Waals surface area contributed by atoms with Crippen LogP contribution in [0.15, 0.2) is 42.7 Å². The predicted octanol–water partition coefficient (Wildman–Crippen LogP) is 2.18. The first-order chi connectivity index (χ1) is 8.34. The molecule has 0 fully saturated rings. The lowest BCUT2D eigenvalue weighted by molar-refractivity contribution is 0.696. The van der Waals surface area contributed by atoms with E-state index in [-0.39, 0.29) is 0 Å². The van der Waals surface area contributed by atoms with Crippen molar-refractivity contribution in [3.8, 4) is 0 Å². The molecule has 0 amide bonds. The molecule has 0 aliphatic rings. The molecule has 0 unspecified atom stereocenters. The summed E-state index contributed by atoms with van der Waals surface area (Å²) in [4.78, 5) is 8.63. The summed E-state index contributed by atoms with van der Waals surface area (Å²) in [5.74, 6) is 0. The molecule has 0 radical (unpaired) electrons. The van der Waals surface area contributed by atoms with Gasteiger partial charge in [0.25, 0.3) is 0 Å². The lowest BCUT2D eigenvalue weighted by Crippen LogP contribution is -2.02. The molecule has 0 bridgehead atoms. The van der Waals surface area contributed by atoms with Gasteiger partial charge in [0, 0.05) is 12.4 Å². The first-order valence-corrected chi connectivity index (χ1v) is 5.52. The lowest BCUT2D eigenvalue weighted by atomic mass is 10.2. The fourth-order valence-corrected chi connectivity index (χ4v) is 1.92. The van der Waals surface area contributed by atoms with Gasteiger partial charge in [0.15, 0.2) is 5.65 Å². The van der Waals surface area contributed by atoms with Crippen molar-refractivity contribution in [1.82, 2.24) is 19.7 Å². The number of hydrogen-bond acceptors (Lipinski definition) is 3. The standard InChI is InChI=1S/C13H12N4/c1-10-12-13(15-8-7-14-12)17(16-10)9-11-5-3-2-4-6-11/h2-8H,9H2,1H3. The Morgan fingerprint density at radius 2 is 1.82 bits per heavy atom. The van der Waals surface area contributed by atoms with Crippen LogP contribution >= 0.6 is 0 Å². The molecule has 4 heteroatoms. The first kappa shape index (κ1) is 9.96. The van der Waals surface area contributed by atoms with E-state index in [0.717, 1.165) is 23.4 Å². The number of rotatable bonds is 2. The highest BCUT2D eigenvalue weighted by molar-refractivity contribution is 5.72. The first-order valence-electron chi connectivity index (χ1n) is 5.52. The fourth-order valence-electron chi connectivity index (χ4n) is 1.92. The third-order valence-electron chi connectivity index (χ3n) is 2.71. The second-order valence-electron chi connectivity index (χ2n) is 3.96. The molecule has 1 aromatic carbocycles. The maximum absolute atomic E-state index is 4.48. The number of hydrogen-bond donors (Lipinski definition) is 0. The van der Waals surface area contributed by atoms with Gasteiger partial charge in [0.05, 0.1) is 12.2 Å². The molecule has 0 atom stereocenters. The maximum Gasteiger partial charge on any atom is 0.177 e. The average Bonchev–Trinajstić information content (AvgIpc) is 2.69. The summed E-state index contributed by atoms with van der Waals surface area (Å²) in [6.45, 7) is 2.68. The minimum absolute atomic E-state index is 0.726. The smallest absolute Gasteiger partial charge is 0.177 e. The van der Waals surface area contributed by atoms with Gasteiger partial charge in [0.1, 0.15) is 5.52 Å². The lowest BCUT2D eigenvalue weighted by Gasteiger charge is -2.02. The quantitative estimate of drug-likeness (QED) is 0.670. The number of nitrogens with zero attached hydrogens (tertiary/aromatic N) is 4. The molecule has 2 heterocycles. The summed E-state index contributed by atoms with van der Waals surface area (Å²) >= 11 is 0. The Morgan fingerprint density at radius 1 is 1.06 bits per heavy atom. The van der Waals surface area contributed by atoms with E-state index in [4.69, 9.17) is 0 Å². The number of fused-ring (bicyclic) bond motifs is 1. The molecule has 2 aromatic heterocycles. The van der Waals surface area contributed by atoms with Gasteiger partial charge >= 0.3 is 0 Å². The van der Waals surface area contributed by atoms with E-state index in [2.05, 4.69) is 27.2 Å². The van der Waals surface area contributed by atoms with Gasteiger partial charge in [0.2, 0.25) is 0 Å². The van der Waals surface area contributed by atoms with Crippen LogP contribution in [0, 0.1) is 6.92 Å². The highest BCUT2D eigenvalue weighted by Gasteiger charge is 2.08. The highest BCUT2D eigenvalue weighted by Crippen LogP contribution is 2.13. The van der Waals surface area contributed by atoms with Crippen molar-refractivity contribution in [2.45, 2.75) is 13.5 Å². The Bertz CT molecular complexity index is 643. The zero-order valence-corrected chi connectivity index (χ0v) is 9.54. The summed E-state index contributed by atoms with van der Waals surface area (Å²) < 4.78 is 1.90. The fraction of sp³-hybridized carbons (Fsp3) is 0.154. The monoisotopic (exact) mass is 224 g/mol. The molecular weight excluding hydrogens is 212 g/mol. The van der Waals surface area contributed by atoms with Crippen molar-refractivity contribution < 1.29 is 0 Å². The van der Waals surface area contributed by atoms with Gasteiger partial charge in [-0.15, -0.1) is 0 Å². The Balaban J connectivity index is 2.07. The van der Waals surface area contributed by atoms with Gasteiger partial charge in [-0.3, -0.25) is 0 Å². The van der Waals surface area contributed by atoms with Crippen molar-refractivity contribution in [3.05, 3.63) is 54.0 Å². The minimum Gasteiger partial charge on any atom is -0.249 e. The average molecular weight is 224 g/mol. The van der Waals surface area contributed by atoms with Crippen LogP contribution in [0.3, 0.4) is 0 Å². The minimum atomic E-state index is 0.726. The molecule has 4 nitrogen and oxygen atoms in total. The molecule has 3 rings (SSSR count). The Labute approximate surface area is 98.9 Å². The van der Waals surface area contributed by atoms with E-state index in [1.54, 1.807) is 12.4 Å². The van der Waals surface area contributed by atoms with Crippen molar-refractivity contribution in [3.63, 3.8) is 0 Å². The van der Waals surface area contributed by atoms with Crippen LogP contribution in [-0.4, -0.2) is 19.7 Å². The second kappa shape index (κ2) is 3.97. The predicted molar refractivity (Wildman–Crippen MR) is 65.6 cm³/mol. The van der Waals surface area contributed by atoms with Crippen LogP contribution in [0.4, 0.5) is 0 Å². The van der Waals surface area contributed by atoms with Crippen molar-refractivity contribution >= 4 is 11.2 Å². The van der Waals surface area contributed by atoms with E-state index in [0.29, 0.717) is 0 Å². The summed E-state index contributed by atoms with van der Waals surface area (Å²) in [7, 11) is 0. The SMILES string of the molecule is Cc1nn(Cc2ccccc2)c2nccnc12. The van der Waals surface area contributed by atoms with Gasteiger partial charge in [-0.05, 0) is 12.5 Å². The van der Waals surface area contributed by atoms with Gasteiger partial charge < -0.3 is 0 Å². The summed E-state index contributed by atoms with van der Waals surface area (Å²) in [5, 5.41) is 4.48. The van der Waals surface area contributed by atoms with Crippen LogP contribution in [0.1, 0.15) is 11.3 Å². The van der Waals surface area contributed by atoms with Gasteiger partial charge in [-0.1, -0.05) is 30.3 Å².